The molecule has 0 nitrogen and oxygen atoms in total. The minimum atomic E-state index is -1.06. The van der Waals surface area contributed by atoms with Gasteiger partial charge in [-0.1, -0.05) is 69.6 Å². The molecule has 0 aliphatic rings. The van der Waals surface area contributed by atoms with Crippen LogP contribution >= 0.6 is 8.20 Å². The van der Waals surface area contributed by atoms with Crippen LogP contribution < -0.4 is 0 Å². The van der Waals surface area contributed by atoms with Gasteiger partial charge in [0, 0.05) is 0 Å². The number of hydrogen-bond donors (Lipinski definition) is 0. The van der Waals surface area contributed by atoms with Gasteiger partial charge in [-0.25, -0.2) is 0 Å². The first kappa shape index (κ1) is 14.9. The molecule has 0 aliphatic carbocycles. The van der Waals surface area contributed by atoms with E-state index in [9.17, 15) is 0 Å². The lowest BCUT2D eigenvalue weighted by atomic mass is 10.2. The zero-order valence-electron chi connectivity index (χ0n) is 12.0. The molecule has 0 bridgehead atoms. The predicted molar refractivity (Wildman–Crippen MR) is 89.0 cm³/mol. The average Bonchev–Trinajstić information content (AvgIpc) is 2.15. The molecule has 1 rings (SSSR count). The van der Waals surface area contributed by atoms with E-state index in [1.54, 1.807) is 8.20 Å². The Balaban J connectivity index is 2.92. The van der Waals surface area contributed by atoms with Crippen LogP contribution in [0.15, 0.2) is 30.3 Å². The normalized spacial score (nSPS) is 13.6. The third kappa shape index (κ3) is 4.91. The van der Waals surface area contributed by atoms with Crippen molar-refractivity contribution >= 4 is 30.1 Å². The zero-order valence-corrected chi connectivity index (χ0v) is 14.9. The Labute approximate surface area is 110 Å². The second-order valence-corrected chi connectivity index (χ2v) is 20.1. The molecule has 94 valence electrons. The predicted octanol–water partition coefficient (Wildman–Crippen LogP) is 4.91. The van der Waals surface area contributed by atoms with Crippen LogP contribution in [0.25, 0.3) is 0 Å². The summed E-state index contributed by atoms with van der Waals surface area (Å²) in [6.07, 6.45) is 0. The molecule has 0 amide bonds. The van der Waals surface area contributed by atoms with Crippen LogP contribution in [0.4, 0.5) is 0 Å². The highest BCUT2D eigenvalue weighted by molar-refractivity contribution is 7.49. The summed E-state index contributed by atoms with van der Waals surface area (Å²) in [6, 6.07) is 10.7. The highest BCUT2D eigenvalue weighted by Gasteiger charge is 2.35. The van der Waals surface area contributed by atoms with E-state index in [1.165, 1.54) is 5.56 Å². The van der Waals surface area contributed by atoms with Gasteiger partial charge in [-0.05, 0) is 16.3 Å². The van der Waals surface area contributed by atoms with Crippen LogP contribution in [-0.4, -0.2) is 26.8 Å². The lowest BCUT2D eigenvalue weighted by Crippen LogP contribution is -2.50. The molecule has 0 saturated carbocycles. The van der Waals surface area contributed by atoms with Crippen molar-refractivity contribution in [3.8, 4) is 0 Å². The highest BCUT2D eigenvalue weighted by Crippen LogP contribution is 2.30. The first-order valence-corrected chi connectivity index (χ1v) is 14.5. The Morgan fingerprint density at radius 1 is 0.882 bits per heavy atom. The Kier molecular flexibility index (Phi) is 4.94. The molecule has 0 atom stereocenters. The Morgan fingerprint density at radius 3 is 1.76 bits per heavy atom. The second kappa shape index (κ2) is 5.64. The molecule has 0 spiro atoms. The summed E-state index contributed by atoms with van der Waals surface area (Å²) in [4.78, 5) is 0.940. The molecule has 1 aromatic rings. The fraction of sp³-hybridized carbons (Fsp3) is 0.500. The molecule has 0 fully saturated rings. The third-order valence-electron chi connectivity index (χ3n) is 2.81. The molecule has 17 heavy (non-hydrogen) atoms. The van der Waals surface area contributed by atoms with E-state index in [4.69, 9.17) is 0 Å². The van der Waals surface area contributed by atoms with E-state index in [-0.39, 0.29) is 0 Å². The SMILES string of the molecule is C[Si](C)(C)C(P=Cc1ccccc1)[Si](C)(C)C. The van der Waals surface area contributed by atoms with Gasteiger partial charge in [0.25, 0.3) is 0 Å². The average molecular weight is 281 g/mol. The van der Waals surface area contributed by atoms with Gasteiger partial charge in [0.05, 0.1) is 16.1 Å². The van der Waals surface area contributed by atoms with Crippen molar-refractivity contribution in [3.63, 3.8) is 0 Å². The Morgan fingerprint density at radius 2 is 1.35 bits per heavy atom. The van der Waals surface area contributed by atoms with Crippen LogP contribution in [0.2, 0.25) is 39.3 Å². The van der Waals surface area contributed by atoms with E-state index in [0.29, 0.717) is 0 Å². The molecule has 1 aromatic carbocycles. The molecule has 0 N–H and O–H groups in total. The molecule has 0 aromatic heterocycles. The molecule has 0 saturated heterocycles. The summed E-state index contributed by atoms with van der Waals surface area (Å²) in [5.41, 5.74) is 1.37. The van der Waals surface area contributed by atoms with Gasteiger partial charge in [0.1, 0.15) is 0 Å². The molecular formula is C14H25PSi2. The van der Waals surface area contributed by atoms with E-state index >= 15 is 0 Å². The standard InChI is InChI=1S/C14H25PSi2/c1-16(2,3)14(17(4,5)6)15-12-13-10-8-7-9-11-13/h7-12,14H,1-6H3. The van der Waals surface area contributed by atoms with E-state index in [0.717, 1.165) is 4.91 Å². The first-order valence-electron chi connectivity index (χ1n) is 6.29. The maximum absolute atomic E-state index is 2.52. The van der Waals surface area contributed by atoms with Gasteiger partial charge < -0.3 is 0 Å². The van der Waals surface area contributed by atoms with Crippen molar-refractivity contribution in [2.75, 3.05) is 0 Å². The minimum Gasteiger partial charge on any atom is -0.107 e. The molecule has 0 aliphatic heterocycles. The summed E-state index contributed by atoms with van der Waals surface area (Å²) in [5, 5.41) is 0. The highest BCUT2D eigenvalue weighted by atomic mass is 31.1. The number of hydrogen-bond acceptors (Lipinski definition) is 0. The van der Waals surface area contributed by atoms with Gasteiger partial charge in [0.15, 0.2) is 0 Å². The Bertz CT molecular complexity index is 357. The lowest BCUT2D eigenvalue weighted by Gasteiger charge is -2.35. The molecule has 0 unspecified atom stereocenters. The van der Waals surface area contributed by atoms with Crippen LogP contribution in [0.1, 0.15) is 5.56 Å². The monoisotopic (exact) mass is 280 g/mol. The van der Waals surface area contributed by atoms with Gasteiger partial charge in [-0.15, -0.1) is 8.20 Å². The quantitative estimate of drug-likeness (QED) is 0.543. The maximum Gasteiger partial charge on any atom is 0.0536 e. The second-order valence-electron chi connectivity index (χ2n) is 6.82. The largest absolute Gasteiger partial charge is 0.107 e. The van der Waals surface area contributed by atoms with Crippen molar-refractivity contribution in [1.82, 2.24) is 0 Å². The van der Waals surface area contributed by atoms with Gasteiger partial charge in [-0.2, -0.15) is 0 Å². The Hall–Kier alpha value is -0.176. The number of benzene rings is 1. The van der Waals surface area contributed by atoms with Crippen LogP contribution in [0, 0.1) is 0 Å². The van der Waals surface area contributed by atoms with Crippen LogP contribution in [-0.2, 0) is 0 Å². The first-order chi connectivity index (χ1) is 7.71. The van der Waals surface area contributed by atoms with Crippen LogP contribution in [0.3, 0.4) is 0 Å². The molecule has 3 heteroatoms. The molecule has 0 radical (unpaired) electrons. The molecule has 0 heterocycles. The summed E-state index contributed by atoms with van der Waals surface area (Å²) >= 11 is 0. The van der Waals surface area contributed by atoms with Crippen molar-refractivity contribution in [1.29, 1.82) is 0 Å². The van der Waals surface area contributed by atoms with E-state index in [1.807, 2.05) is 0 Å². The van der Waals surface area contributed by atoms with Crippen molar-refractivity contribution in [3.05, 3.63) is 35.9 Å². The smallest absolute Gasteiger partial charge is 0.0536 e. The summed E-state index contributed by atoms with van der Waals surface area (Å²) in [5.74, 6) is 2.42. The fourth-order valence-electron chi connectivity index (χ4n) is 2.45. The van der Waals surface area contributed by atoms with Crippen molar-refractivity contribution < 1.29 is 0 Å². The fourth-order valence-corrected chi connectivity index (χ4v) is 17.4. The van der Waals surface area contributed by atoms with Crippen LogP contribution in [0.5, 0.6) is 0 Å². The van der Waals surface area contributed by atoms with Gasteiger partial charge >= 0.3 is 0 Å². The lowest BCUT2D eigenvalue weighted by molar-refractivity contribution is 1.47. The summed E-state index contributed by atoms with van der Waals surface area (Å²) < 4.78 is 0. The van der Waals surface area contributed by atoms with Crippen molar-refractivity contribution in [2.45, 2.75) is 44.2 Å². The zero-order chi connectivity index (χ0) is 13.1. The van der Waals surface area contributed by atoms with Gasteiger partial charge in [-0.3, -0.25) is 0 Å². The molecular weight excluding hydrogens is 255 g/mol. The number of rotatable bonds is 4. The van der Waals surface area contributed by atoms with E-state index < -0.39 is 16.1 Å². The summed E-state index contributed by atoms with van der Waals surface area (Å²) in [6.45, 7) is 15.1. The van der Waals surface area contributed by atoms with E-state index in [2.05, 4.69) is 75.4 Å². The maximum atomic E-state index is 2.52. The topological polar surface area (TPSA) is 0 Å². The minimum absolute atomic E-state index is 0.940. The summed E-state index contributed by atoms with van der Waals surface area (Å²) in [7, 11) is -0.571. The van der Waals surface area contributed by atoms with Crippen molar-refractivity contribution in [2.24, 2.45) is 0 Å². The third-order valence-corrected chi connectivity index (χ3v) is 17.6. The van der Waals surface area contributed by atoms with Gasteiger partial charge in [0.2, 0.25) is 0 Å².